The van der Waals surface area contributed by atoms with Crippen LogP contribution in [-0.4, -0.2) is 16.7 Å². The maximum Gasteiger partial charge on any atom is 0.124 e. The molecule has 1 aliphatic carbocycles. The summed E-state index contributed by atoms with van der Waals surface area (Å²) in [5.74, 6) is 1.72. The van der Waals surface area contributed by atoms with Crippen LogP contribution in [0.15, 0.2) is 18.2 Å². The number of para-hydroxylation sites is 1. The molecule has 2 aromatic rings. The average molecular weight is 217 g/mol. The number of nitrogens with zero attached hydrogens (tertiary/aromatic N) is 2. The fourth-order valence-electron chi connectivity index (χ4n) is 2.10. The number of benzene rings is 1. The van der Waals surface area contributed by atoms with Gasteiger partial charge in [-0.05, 0) is 25.0 Å². The van der Waals surface area contributed by atoms with Crippen molar-refractivity contribution in [2.75, 3.05) is 12.8 Å². The highest BCUT2D eigenvalue weighted by atomic mass is 16.5. The van der Waals surface area contributed by atoms with Crippen LogP contribution in [0.2, 0.25) is 0 Å². The number of imidazole rings is 1. The number of methoxy groups -OCH3 is 1. The lowest BCUT2D eigenvalue weighted by Crippen LogP contribution is -2.04. The van der Waals surface area contributed by atoms with Gasteiger partial charge in [-0.2, -0.15) is 0 Å². The highest BCUT2D eigenvalue weighted by Gasteiger charge is 2.29. The molecule has 16 heavy (non-hydrogen) atoms. The number of nitrogens with two attached hydrogens (primary N) is 1. The van der Waals surface area contributed by atoms with Gasteiger partial charge in [0.05, 0.1) is 11.2 Å². The first-order valence-corrected chi connectivity index (χ1v) is 5.55. The molecule has 0 atom stereocenters. The van der Waals surface area contributed by atoms with Crippen molar-refractivity contribution >= 4 is 16.7 Å². The molecule has 1 fully saturated rings. The van der Waals surface area contributed by atoms with Crippen LogP contribution in [0.3, 0.4) is 0 Å². The summed E-state index contributed by atoms with van der Waals surface area (Å²) in [7, 11) is 1.70. The van der Waals surface area contributed by atoms with Crippen LogP contribution in [0.4, 0.5) is 5.69 Å². The van der Waals surface area contributed by atoms with Crippen molar-refractivity contribution in [1.29, 1.82) is 0 Å². The highest BCUT2D eigenvalue weighted by molar-refractivity contribution is 5.87. The third kappa shape index (κ3) is 1.38. The van der Waals surface area contributed by atoms with Gasteiger partial charge in [-0.25, -0.2) is 4.98 Å². The summed E-state index contributed by atoms with van der Waals surface area (Å²) in [5, 5.41) is 0. The van der Waals surface area contributed by atoms with Gasteiger partial charge in [0.2, 0.25) is 0 Å². The van der Waals surface area contributed by atoms with Gasteiger partial charge in [-0.3, -0.25) is 0 Å². The van der Waals surface area contributed by atoms with Crippen LogP contribution < -0.4 is 5.73 Å². The molecule has 1 aromatic carbocycles. The number of nitrogen functional groups attached to an aromatic ring is 1. The van der Waals surface area contributed by atoms with Gasteiger partial charge in [0.15, 0.2) is 0 Å². The minimum Gasteiger partial charge on any atom is -0.397 e. The molecule has 1 aliphatic rings. The Labute approximate surface area is 94.0 Å². The van der Waals surface area contributed by atoms with Crippen molar-refractivity contribution in [2.45, 2.75) is 25.5 Å². The molecule has 1 heterocycles. The zero-order valence-corrected chi connectivity index (χ0v) is 9.31. The predicted octanol–water partition coefficient (Wildman–Crippen LogP) is 2.10. The third-order valence-electron chi connectivity index (χ3n) is 3.04. The highest BCUT2D eigenvalue weighted by Crippen LogP contribution is 2.41. The van der Waals surface area contributed by atoms with Crippen LogP contribution in [0.25, 0.3) is 11.0 Å². The number of aromatic nitrogens is 2. The van der Waals surface area contributed by atoms with Crippen molar-refractivity contribution in [2.24, 2.45) is 0 Å². The number of ether oxygens (including phenoxy) is 1. The van der Waals surface area contributed by atoms with E-state index in [4.69, 9.17) is 10.5 Å². The zero-order chi connectivity index (χ0) is 11.1. The lowest BCUT2D eigenvalue weighted by atomic mass is 10.3. The van der Waals surface area contributed by atoms with E-state index in [9.17, 15) is 0 Å². The van der Waals surface area contributed by atoms with Gasteiger partial charge < -0.3 is 15.0 Å². The van der Waals surface area contributed by atoms with Crippen molar-refractivity contribution in [3.8, 4) is 0 Å². The molecular formula is C12H15N3O. The van der Waals surface area contributed by atoms with Crippen LogP contribution in [0.5, 0.6) is 0 Å². The van der Waals surface area contributed by atoms with Gasteiger partial charge >= 0.3 is 0 Å². The Hall–Kier alpha value is -1.55. The Morgan fingerprint density at radius 3 is 3.00 bits per heavy atom. The fraction of sp³-hybridized carbons (Fsp3) is 0.417. The second kappa shape index (κ2) is 3.49. The first-order valence-electron chi connectivity index (χ1n) is 5.55. The van der Waals surface area contributed by atoms with Crippen LogP contribution in [0, 0.1) is 0 Å². The van der Waals surface area contributed by atoms with E-state index >= 15 is 0 Å². The van der Waals surface area contributed by atoms with Gasteiger partial charge in [0, 0.05) is 13.0 Å². The largest absolute Gasteiger partial charge is 0.397 e. The standard InChI is InChI=1S/C12H15N3O/c1-16-7-15-10-4-2-3-9(13)11(10)14-12(15)8-5-6-8/h2-4,8H,5-7,13H2,1H3. The molecule has 2 N–H and O–H groups in total. The van der Waals surface area contributed by atoms with E-state index in [0.29, 0.717) is 12.6 Å². The van der Waals surface area contributed by atoms with Crippen molar-refractivity contribution < 1.29 is 4.74 Å². The van der Waals surface area contributed by atoms with Crippen LogP contribution in [0.1, 0.15) is 24.6 Å². The zero-order valence-electron chi connectivity index (χ0n) is 9.31. The summed E-state index contributed by atoms with van der Waals surface area (Å²) >= 11 is 0. The minimum atomic E-state index is 0.547. The molecule has 0 spiro atoms. The Morgan fingerprint density at radius 2 is 2.31 bits per heavy atom. The molecule has 0 radical (unpaired) electrons. The SMILES string of the molecule is COCn1c(C2CC2)nc2c(N)cccc21. The number of anilines is 1. The van der Waals surface area contributed by atoms with E-state index in [1.54, 1.807) is 7.11 Å². The smallest absolute Gasteiger partial charge is 0.124 e. The van der Waals surface area contributed by atoms with Gasteiger partial charge in [0.1, 0.15) is 18.1 Å². The summed E-state index contributed by atoms with van der Waals surface area (Å²) < 4.78 is 7.36. The maximum atomic E-state index is 5.94. The Kier molecular flexibility index (Phi) is 2.11. The second-order valence-electron chi connectivity index (χ2n) is 4.31. The van der Waals surface area contributed by atoms with E-state index in [-0.39, 0.29) is 0 Å². The average Bonchev–Trinajstić information content (AvgIpc) is 3.05. The summed E-state index contributed by atoms with van der Waals surface area (Å²) in [4.78, 5) is 4.65. The van der Waals surface area contributed by atoms with Crippen molar-refractivity contribution in [1.82, 2.24) is 9.55 Å². The van der Waals surface area contributed by atoms with E-state index < -0.39 is 0 Å². The van der Waals surface area contributed by atoms with Gasteiger partial charge in [-0.15, -0.1) is 0 Å². The molecule has 1 aromatic heterocycles. The monoisotopic (exact) mass is 217 g/mol. The van der Waals surface area contributed by atoms with E-state index in [2.05, 4.69) is 9.55 Å². The molecule has 4 nitrogen and oxygen atoms in total. The van der Waals surface area contributed by atoms with Crippen molar-refractivity contribution in [3.05, 3.63) is 24.0 Å². The Bertz CT molecular complexity index is 528. The maximum absolute atomic E-state index is 5.94. The summed E-state index contributed by atoms with van der Waals surface area (Å²) in [6.45, 7) is 0.547. The molecule has 0 saturated heterocycles. The summed E-state index contributed by atoms with van der Waals surface area (Å²) in [5.41, 5.74) is 8.66. The lowest BCUT2D eigenvalue weighted by molar-refractivity contribution is 0.132. The molecule has 0 unspecified atom stereocenters. The molecule has 3 rings (SSSR count). The first kappa shape index (κ1) is 9.66. The van der Waals surface area contributed by atoms with Gasteiger partial charge in [-0.1, -0.05) is 6.07 Å². The van der Waals surface area contributed by atoms with E-state index in [1.807, 2.05) is 18.2 Å². The molecule has 84 valence electrons. The molecule has 0 bridgehead atoms. The normalized spacial score (nSPS) is 15.8. The molecule has 0 amide bonds. The van der Waals surface area contributed by atoms with E-state index in [1.165, 1.54) is 12.8 Å². The van der Waals surface area contributed by atoms with Gasteiger partial charge in [0.25, 0.3) is 0 Å². The third-order valence-corrected chi connectivity index (χ3v) is 3.04. The van der Waals surface area contributed by atoms with Crippen molar-refractivity contribution in [3.63, 3.8) is 0 Å². The molecule has 4 heteroatoms. The Morgan fingerprint density at radius 1 is 1.50 bits per heavy atom. The number of fused-ring (bicyclic) bond motifs is 1. The topological polar surface area (TPSA) is 53.1 Å². The number of rotatable bonds is 3. The predicted molar refractivity (Wildman–Crippen MR) is 63.1 cm³/mol. The quantitative estimate of drug-likeness (QED) is 0.801. The Balaban J connectivity index is 2.23. The molecule has 1 saturated carbocycles. The number of hydrogen-bond donors (Lipinski definition) is 1. The summed E-state index contributed by atoms with van der Waals surface area (Å²) in [6.07, 6.45) is 2.46. The lowest BCUT2D eigenvalue weighted by Gasteiger charge is -2.06. The minimum absolute atomic E-state index is 0.547. The summed E-state index contributed by atoms with van der Waals surface area (Å²) in [6, 6.07) is 5.90. The number of hydrogen-bond acceptors (Lipinski definition) is 3. The molecule has 0 aliphatic heterocycles. The van der Waals surface area contributed by atoms with Crippen LogP contribution in [-0.2, 0) is 11.5 Å². The molecular weight excluding hydrogens is 202 g/mol. The van der Waals surface area contributed by atoms with E-state index in [0.717, 1.165) is 22.5 Å². The fourth-order valence-corrected chi connectivity index (χ4v) is 2.10. The second-order valence-corrected chi connectivity index (χ2v) is 4.31. The first-order chi connectivity index (χ1) is 7.81. The van der Waals surface area contributed by atoms with Crippen LogP contribution >= 0.6 is 0 Å².